The van der Waals surface area contributed by atoms with Crippen LogP contribution >= 0.6 is 0 Å². The second-order valence-corrected chi connectivity index (χ2v) is 5.34. The van der Waals surface area contributed by atoms with Crippen molar-refractivity contribution in [3.05, 3.63) is 65.2 Å². The molecule has 0 aromatic heterocycles. The van der Waals surface area contributed by atoms with Crippen molar-refractivity contribution in [3.8, 4) is 0 Å². The summed E-state index contributed by atoms with van der Waals surface area (Å²) in [4.78, 5) is 0. The van der Waals surface area contributed by atoms with Crippen molar-refractivity contribution in [2.75, 3.05) is 5.01 Å². The van der Waals surface area contributed by atoms with Crippen LogP contribution in [0.1, 0.15) is 16.7 Å². The Labute approximate surface area is 123 Å². The maximum atomic E-state index is 6.28. The predicted molar refractivity (Wildman–Crippen MR) is 84.3 cm³/mol. The number of nitrogens with one attached hydrogen (secondary N) is 2. The van der Waals surface area contributed by atoms with E-state index < -0.39 is 0 Å². The molecule has 2 aliphatic heterocycles. The second kappa shape index (κ2) is 4.60. The van der Waals surface area contributed by atoms with Crippen LogP contribution < -0.4 is 27.4 Å². The van der Waals surface area contributed by atoms with E-state index in [0.29, 0.717) is 6.54 Å². The zero-order valence-electron chi connectivity index (χ0n) is 11.5. The molecule has 4 rings (SSSR count). The van der Waals surface area contributed by atoms with Crippen molar-refractivity contribution in [1.82, 2.24) is 10.9 Å². The SMILES string of the molecule is NC1NNC2=C1c1ccccc1CN(N)c1ccccc12. The van der Waals surface area contributed by atoms with E-state index in [1.165, 1.54) is 5.56 Å². The molecular formula is C16H17N5. The molecule has 2 aromatic carbocycles. The van der Waals surface area contributed by atoms with E-state index in [4.69, 9.17) is 11.6 Å². The summed E-state index contributed by atoms with van der Waals surface area (Å²) in [6.45, 7) is 0.649. The number of benzene rings is 2. The van der Waals surface area contributed by atoms with Gasteiger partial charge >= 0.3 is 0 Å². The molecule has 0 amide bonds. The number of hydrazine groups is 2. The molecule has 0 radical (unpaired) electrons. The lowest BCUT2D eigenvalue weighted by Gasteiger charge is -2.27. The number of rotatable bonds is 0. The van der Waals surface area contributed by atoms with Gasteiger partial charge in [0.05, 0.1) is 17.9 Å². The minimum absolute atomic E-state index is 0.237. The number of nitrogens with two attached hydrogens (primary N) is 2. The molecule has 5 heteroatoms. The lowest BCUT2D eigenvalue weighted by molar-refractivity contribution is 0.615. The highest BCUT2D eigenvalue weighted by Crippen LogP contribution is 2.37. The van der Waals surface area contributed by atoms with Gasteiger partial charge in [-0.25, -0.2) is 11.3 Å². The van der Waals surface area contributed by atoms with Gasteiger partial charge in [-0.1, -0.05) is 42.5 Å². The summed E-state index contributed by atoms with van der Waals surface area (Å²) in [5, 5.41) is 1.78. The van der Waals surface area contributed by atoms with E-state index in [1.54, 1.807) is 5.01 Å². The first-order valence-corrected chi connectivity index (χ1v) is 6.97. The van der Waals surface area contributed by atoms with Crippen molar-refractivity contribution < 1.29 is 0 Å². The summed E-state index contributed by atoms with van der Waals surface area (Å²) in [6, 6.07) is 16.3. The van der Waals surface area contributed by atoms with Crippen LogP contribution in [-0.2, 0) is 6.54 Å². The maximum Gasteiger partial charge on any atom is 0.101 e. The van der Waals surface area contributed by atoms with Crippen molar-refractivity contribution >= 4 is 17.0 Å². The zero-order valence-corrected chi connectivity index (χ0v) is 11.5. The van der Waals surface area contributed by atoms with Crippen molar-refractivity contribution in [2.45, 2.75) is 12.7 Å². The van der Waals surface area contributed by atoms with Gasteiger partial charge in [0.2, 0.25) is 0 Å². The molecule has 0 saturated heterocycles. The third-order valence-corrected chi connectivity index (χ3v) is 4.06. The monoisotopic (exact) mass is 279 g/mol. The molecule has 2 aromatic rings. The van der Waals surface area contributed by atoms with E-state index in [9.17, 15) is 0 Å². The van der Waals surface area contributed by atoms with Crippen LogP contribution in [0.15, 0.2) is 48.5 Å². The second-order valence-electron chi connectivity index (χ2n) is 5.34. The number of fused-ring (bicyclic) bond motifs is 4. The number of anilines is 1. The number of hydrogen-bond donors (Lipinski definition) is 4. The van der Waals surface area contributed by atoms with Gasteiger partial charge in [0.25, 0.3) is 0 Å². The van der Waals surface area contributed by atoms with Crippen LogP contribution in [0, 0.1) is 0 Å². The molecule has 6 N–H and O–H groups in total. The Morgan fingerprint density at radius 2 is 1.71 bits per heavy atom. The van der Waals surface area contributed by atoms with E-state index >= 15 is 0 Å². The van der Waals surface area contributed by atoms with Gasteiger partial charge < -0.3 is 16.2 Å². The average Bonchev–Trinajstić information content (AvgIpc) is 2.88. The van der Waals surface area contributed by atoms with Crippen LogP contribution in [0.5, 0.6) is 0 Å². The molecule has 106 valence electrons. The van der Waals surface area contributed by atoms with Crippen LogP contribution in [0.25, 0.3) is 11.3 Å². The highest BCUT2D eigenvalue weighted by Gasteiger charge is 2.29. The van der Waals surface area contributed by atoms with E-state index in [-0.39, 0.29) is 6.17 Å². The molecule has 0 bridgehead atoms. The van der Waals surface area contributed by atoms with Gasteiger partial charge in [0, 0.05) is 11.1 Å². The summed E-state index contributed by atoms with van der Waals surface area (Å²) >= 11 is 0. The maximum absolute atomic E-state index is 6.28. The highest BCUT2D eigenvalue weighted by molar-refractivity contribution is 5.98. The molecule has 2 heterocycles. The summed E-state index contributed by atoms with van der Waals surface area (Å²) in [5.74, 6) is 6.28. The molecule has 1 unspecified atom stereocenters. The predicted octanol–water partition coefficient (Wildman–Crippen LogP) is 1.14. The first-order chi connectivity index (χ1) is 10.3. The Balaban J connectivity index is 2.05. The van der Waals surface area contributed by atoms with Gasteiger partial charge in [-0.3, -0.25) is 0 Å². The zero-order chi connectivity index (χ0) is 14.4. The fourth-order valence-electron chi connectivity index (χ4n) is 3.08. The molecule has 0 fully saturated rings. The van der Waals surface area contributed by atoms with Gasteiger partial charge in [-0.05, 0) is 17.2 Å². The normalized spacial score (nSPS) is 20.1. The molecule has 0 aliphatic carbocycles. The first-order valence-electron chi connectivity index (χ1n) is 6.97. The summed E-state index contributed by atoms with van der Waals surface area (Å²) in [5.41, 5.74) is 19.0. The smallest absolute Gasteiger partial charge is 0.101 e. The standard InChI is InChI=1S/C16H17N5/c17-16-14-11-6-2-1-5-10(11)9-21(18)13-8-4-3-7-12(13)15(14)19-20-16/h1-8,16,19-20H,9,17-18H2. The minimum atomic E-state index is -0.237. The third-order valence-electron chi connectivity index (χ3n) is 4.06. The van der Waals surface area contributed by atoms with Crippen molar-refractivity contribution in [1.29, 1.82) is 0 Å². The lowest BCUT2D eigenvalue weighted by atomic mass is 9.92. The summed E-state index contributed by atoms with van der Waals surface area (Å²) < 4.78 is 0. The Kier molecular flexibility index (Phi) is 2.71. The Morgan fingerprint density at radius 1 is 1.00 bits per heavy atom. The van der Waals surface area contributed by atoms with Gasteiger partial charge in [0.15, 0.2) is 0 Å². The Bertz CT molecular complexity index is 737. The molecule has 5 nitrogen and oxygen atoms in total. The molecule has 0 saturated carbocycles. The van der Waals surface area contributed by atoms with Crippen molar-refractivity contribution in [3.63, 3.8) is 0 Å². The van der Waals surface area contributed by atoms with Gasteiger partial charge in [-0.2, -0.15) is 0 Å². The largest absolute Gasteiger partial charge is 0.319 e. The Hall–Kier alpha value is -2.34. The number of para-hydroxylation sites is 1. The third kappa shape index (κ3) is 1.83. The minimum Gasteiger partial charge on any atom is -0.319 e. The van der Waals surface area contributed by atoms with Crippen LogP contribution in [0.3, 0.4) is 0 Å². The average molecular weight is 279 g/mol. The number of hydrogen-bond acceptors (Lipinski definition) is 5. The van der Waals surface area contributed by atoms with E-state index in [0.717, 1.165) is 28.1 Å². The Morgan fingerprint density at radius 3 is 2.57 bits per heavy atom. The highest BCUT2D eigenvalue weighted by atomic mass is 15.4. The quantitative estimate of drug-likeness (QED) is 0.544. The van der Waals surface area contributed by atoms with Crippen molar-refractivity contribution in [2.24, 2.45) is 11.6 Å². The fraction of sp³-hybridized carbons (Fsp3) is 0.125. The summed E-state index contributed by atoms with van der Waals surface area (Å²) in [6.07, 6.45) is -0.237. The van der Waals surface area contributed by atoms with Crippen LogP contribution in [-0.4, -0.2) is 6.17 Å². The fourth-order valence-corrected chi connectivity index (χ4v) is 3.08. The first kappa shape index (κ1) is 12.4. The molecule has 2 aliphatic rings. The molecule has 0 spiro atoms. The van der Waals surface area contributed by atoms with Gasteiger partial charge in [-0.15, -0.1) is 0 Å². The molecule has 1 atom stereocenters. The lowest BCUT2D eigenvalue weighted by Crippen LogP contribution is -2.38. The molecular weight excluding hydrogens is 262 g/mol. The summed E-state index contributed by atoms with van der Waals surface area (Å²) in [7, 11) is 0. The van der Waals surface area contributed by atoms with E-state index in [2.05, 4.69) is 29.1 Å². The van der Waals surface area contributed by atoms with E-state index in [1.807, 2.05) is 30.3 Å². The number of nitrogens with zero attached hydrogens (tertiary/aromatic N) is 1. The van der Waals surface area contributed by atoms with Crippen LogP contribution in [0.2, 0.25) is 0 Å². The van der Waals surface area contributed by atoms with Crippen LogP contribution in [0.4, 0.5) is 5.69 Å². The van der Waals surface area contributed by atoms with Gasteiger partial charge in [0.1, 0.15) is 6.17 Å². The molecule has 21 heavy (non-hydrogen) atoms. The topological polar surface area (TPSA) is 79.3 Å².